The van der Waals surface area contributed by atoms with Crippen LogP contribution in [0, 0.1) is 5.41 Å². The van der Waals surface area contributed by atoms with Crippen molar-refractivity contribution in [2.24, 2.45) is 5.73 Å². The highest BCUT2D eigenvalue weighted by Gasteiger charge is 2.12. The Kier molecular flexibility index (Phi) is 1.81. The lowest BCUT2D eigenvalue weighted by molar-refractivity contribution is 0.174. The SMILES string of the molecule is N=C(N)Cc1ccc2c(c1)OCO2. The number of hydrogen-bond acceptors (Lipinski definition) is 3. The van der Waals surface area contributed by atoms with Gasteiger partial charge in [-0.2, -0.15) is 0 Å². The molecule has 0 aliphatic carbocycles. The van der Waals surface area contributed by atoms with Gasteiger partial charge in [0.15, 0.2) is 11.5 Å². The largest absolute Gasteiger partial charge is 0.454 e. The zero-order valence-electron chi connectivity index (χ0n) is 7.04. The Bertz CT molecular complexity index is 349. The van der Waals surface area contributed by atoms with E-state index in [2.05, 4.69) is 0 Å². The second kappa shape index (κ2) is 2.97. The van der Waals surface area contributed by atoms with Crippen molar-refractivity contribution in [3.05, 3.63) is 23.8 Å². The molecule has 1 aromatic rings. The van der Waals surface area contributed by atoms with E-state index in [1.807, 2.05) is 18.2 Å². The summed E-state index contributed by atoms with van der Waals surface area (Å²) in [4.78, 5) is 0. The number of ether oxygens (including phenoxy) is 2. The Labute approximate surface area is 75.8 Å². The third kappa shape index (κ3) is 1.56. The monoisotopic (exact) mass is 178 g/mol. The first-order chi connectivity index (χ1) is 6.25. The Morgan fingerprint density at radius 3 is 2.92 bits per heavy atom. The van der Waals surface area contributed by atoms with E-state index >= 15 is 0 Å². The van der Waals surface area contributed by atoms with Gasteiger partial charge in [0, 0.05) is 6.42 Å². The highest BCUT2D eigenvalue weighted by molar-refractivity contribution is 5.79. The van der Waals surface area contributed by atoms with Gasteiger partial charge in [0.05, 0.1) is 5.84 Å². The first kappa shape index (κ1) is 7.91. The molecule has 1 aliphatic heterocycles. The maximum Gasteiger partial charge on any atom is 0.231 e. The van der Waals surface area contributed by atoms with E-state index in [9.17, 15) is 0 Å². The van der Waals surface area contributed by atoms with Crippen LogP contribution in [0.3, 0.4) is 0 Å². The normalized spacial score (nSPS) is 12.9. The second-order valence-corrected chi connectivity index (χ2v) is 2.89. The molecule has 1 aliphatic rings. The quantitative estimate of drug-likeness (QED) is 0.522. The Hall–Kier alpha value is -1.71. The molecule has 0 fully saturated rings. The van der Waals surface area contributed by atoms with Crippen molar-refractivity contribution in [1.29, 1.82) is 5.41 Å². The summed E-state index contributed by atoms with van der Waals surface area (Å²) in [7, 11) is 0. The molecule has 0 unspecified atom stereocenters. The first-order valence-corrected chi connectivity index (χ1v) is 3.97. The standard InChI is InChI=1S/C9H10N2O2/c10-9(11)4-6-1-2-7-8(3-6)13-5-12-7/h1-3H,4-5H2,(H3,10,11). The molecule has 2 rings (SSSR count). The van der Waals surface area contributed by atoms with E-state index in [1.165, 1.54) is 0 Å². The summed E-state index contributed by atoms with van der Waals surface area (Å²) in [6.45, 7) is 0.277. The minimum atomic E-state index is 0.152. The van der Waals surface area contributed by atoms with Gasteiger partial charge in [-0.25, -0.2) is 0 Å². The van der Waals surface area contributed by atoms with Crippen LogP contribution >= 0.6 is 0 Å². The van der Waals surface area contributed by atoms with Crippen LogP contribution in [0.5, 0.6) is 11.5 Å². The lowest BCUT2D eigenvalue weighted by atomic mass is 10.1. The molecule has 0 saturated carbocycles. The fourth-order valence-electron chi connectivity index (χ4n) is 1.27. The molecule has 3 N–H and O–H groups in total. The molecule has 4 nitrogen and oxygen atoms in total. The molecule has 0 saturated heterocycles. The van der Waals surface area contributed by atoms with Gasteiger partial charge in [-0.15, -0.1) is 0 Å². The number of fused-ring (bicyclic) bond motifs is 1. The van der Waals surface area contributed by atoms with E-state index in [1.54, 1.807) is 0 Å². The van der Waals surface area contributed by atoms with Crippen LogP contribution in [0.2, 0.25) is 0 Å². The molecule has 0 amide bonds. The maximum absolute atomic E-state index is 7.13. The van der Waals surface area contributed by atoms with Crippen LogP contribution in [0.15, 0.2) is 18.2 Å². The lowest BCUT2D eigenvalue weighted by Gasteiger charge is -2.00. The minimum Gasteiger partial charge on any atom is -0.454 e. The smallest absolute Gasteiger partial charge is 0.231 e. The minimum absolute atomic E-state index is 0.152. The predicted octanol–water partition coefficient (Wildman–Crippen LogP) is 0.894. The Morgan fingerprint density at radius 1 is 1.38 bits per heavy atom. The van der Waals surface area contributed by atoms with Crippen LogP contribution in [0.25, 0.3) is 0 Å². The van der Waals surface area contributed by atoms with Crippen molar-refractivity contribution in [1.82, 2.24) is 0 Å². The van der Waals surface area contributed by atoms with Crippen molar-refractivity contribution < 1.29 is 9.47 Å². The molecule has 0 atom stereocenters. The van der Waals surface area contributed by atoms with Crippen molar-refractivity contribution in [2.75, 3.05) is 6.79 Å². The van der Waals surface area contributed by atoms with E-state index in [0.29, 0.717) is 6.42 Å². The van der Waals surface area contributed by atoms with E-state index in [-0.39, 0.29) is 12.6 Å². The summed E-state index contributed by atoms with van der Waals surface area (Å²) in [6, 6.07) is 5.57. The van der Waals surface area contributed by atoms with Gasteiger partial charge in [0.2, 0.25) is 6.79 Å². The lowest BCUT2D eigenvalue weighted by Crippen LogP contribution is -2.12. The average molecular weight is 178 g/mol. The van der Waals surface area contributed by atoms with Gasteiger partial charge in [0.1, 0.15) is 0 Å². The average Bonchev–Trinajstić information content (AvgIpc) is 2.49. The molecule has 0 spiro atoms. The van der Waals surface area contributed by atoms with Gasteiger partial charge in [-0.3, -0.25) is 5.41 Å². The molecule has 0 aromatic heterocycles. The van der Waals surface area contributed by atoms with Gasteiger partial charge in [0.25, 0.3) is 0 Å². The highest BCUT2D eigenvalue weighted by atomic mass is 16.7. The first-order valence-electron chi connectivity index (χ1n) is 3.97. The van der Waals surface area contributed by atoms with Crippen molar-refractivity contribution in [3.63, 3.8) is 0 Å². The van der Waals surface area contributed by atoms with Crippen LogP contribution in [0.1, 0.15) is 5.56 Å². The topological polar surface area (TPSA) is 68.3 Å². The number of amidine groups is 1. The molecule has 1 aromatic carbocycles. The summed E-state index contributed by atoms with van der Waals surface area (Å²) in [5.41, 5.74) is 6.25. The van der Waals surface area contributed by atoms with Crippen LogP contribution < -0.4 is 15.2 Å². The molecule has 68 valence electrons. The molecule has 13 heavy (non-hydrogen) atoms. The Balaban J connectivity index is 2.25. The number of nitrogens with two attached hydrogens (primary N) is 1. The van der Waals surface area contributed by atoms with Gasteiger partial charge < -0.3 is 15.2 Å². The molecule has 0 radical (unpaired) electrons. The molecule has 4 heteroatoms. The van der Waals surface area contributed by atoms with Crippen molar-refractivity contribution in [2.45, 2.75) is 6.42 Å². The van der Waals surface area contributed by atoms with Crippen LogP contribution in [-0.2, 0) is 6.42 Å². The zero-order chi connectivity index (χ0) is 9.26. The summed E-state index contributed by atoms with van der Waals surface area (Å²) in [5.74, 6) is 1.64. The predicted molar refractivity (Wildman–Crippen MR) is 48.2 cm³/mol. The summed E-state index contributed by atoms with van der Waals surface area (Å²) in [5, 5.41) is 7.13. The van der Waals surface area contributed by atoms with Crippen LogP contribution in [0.4, 0.5) is 0 Å². The summed E-state index contributed by atoms with van der Waals surface area (Å²) in [6.07, 6.45) is 0.455. The van der Waals surface area contributed by atoms with E-state index in [4.69, 9.17) is 20.6 Å². The molecular weight excluding hydrogens is 168 g/mol. The second-order valence-electron chi connectivity index (χ2n) is 2.89. The molecule has 1 heterocycles. The van der Waals surface area contributed by atoms with Crippen molar-refractivity contribution in [3.8, 4) is 11.5 Å². The third-order valence-corrected chi connectivity index (χ3v) is 1.83. The molecule has 0 bridgehead atoms. The van der Waals surface area contributed by atoms with E-state index in [0.717, 1.165) is 17.1 Å². The zero-order valence-corrected chi connectivity index (χ0v) is 7.04. The fourth-order valence-corrected chi connectivity index (χ4v) is 1.27. The van der Waals surface area contributed by atoms with E-state index < -0.39 is 0 Å². The Morgan fingerprint density at radius 2 is 2.15 bits per heavy atom. The van der Waals surface area contributed by atoms with Crippen molar-refractivity contribution >= 4 is 5.84 Å². The number of rotatable bonds is 2. The fraction of sp³-hybridized carbons (Fsp3) is 0.222. The number of hydrogen-bond donors (Lipinski definition) is 2. The highest BCUT2D eigenvalue weighted by Crippen LogP contribution is 2.32. The summed E-state index contributed by atoms with van der Waals surface area (Å²) >= 11 is 0. The maximum atomic E-state index is 7.13. The summed E-state index contributed by atoms with van der Waals surface area (Å²) < 4.78 is 10.3. The molecular formula is C9H10N2O2. The number of benzene rings is 1. The van der Waals surface area contributed by atoms with Crippen LogP contribution in [-0.4, -0.2) is 12.6 Å². The van der Waals surface area contributed by atoms with Gasteiger partial charge in [-0.05, 0) is 17.7 Å². The third-order valence-electron chi connectivity index (χ3n) is 1.83. The number of nitrogens with one attached hydrogen (secondary N) is 1. The van der Waals surface area contributed by atoms with Gasteiger partial charge >= 0.3 is 0 Å². The van der Waals surface area contributed by atoms with Gasteiger partial charge in [-0.1, -0.05) is 6.07 Å².